The second-order valence-corrected chi connectivity index (χ2v) is 9.36. The second-order valence-electron chi connectivity index (χ2n) is 5.29. The van der Waals surface area contributed by atoms with E-state index in [-0.39, 0.29) is 11.2 Å². The number of carbonyl (C=O) groups excluding carboxylic acids is 1. The van der Waals surface area contributed by atoms with E-state index >= 15 is 0 Å². The summed E-state index contributed by atoms with van der Waals surface area (Å²) < 4.78 is 1.81. The van der Waals surface area contributed by atoms with Crippen LogP contribution in [0.1, 0.15) is 38.7 Å². The highest BCUT2D eigenvalue weighted by atomic mass is 32.2. The van der Waals surface area contributed by atoms with Gasteiger partial charge in [-0.05, 0) is 24.7 Å². The van der Waals surface area contributed by atoms with Gasteiger partial charge in [0, 0.05) is 12.5 Å². The summed E-state index contributed by atoms with van der Waals surface area (Å²) in [6.45, 7) is 6.82. The molecule has 0 saturated heterocycles. The number of nitrogens with one attached hydrogen (secondary N) is 1. The van der Waals surface area contributed by atoms with Crippen molar-refractivity contribution in [1.82, 2.24) is 15.5 Å². The van der Waals surface area contributed by atoms with Crippen molar-refractivity contribution in [3.63, 3.8) is 0 Å². The van der Waals surface area contributed by atoms with Crippen LogP contribution in [0.25, 0.3) is 0 Å². The minimum atomic E-state index is -0.175. The first-order valence-electron chi connectivity index (χ1n) is 8.09. The van der Waals surface area contributed by atoms with Gasteiger partial charge >= 0.3 is 0 Å². The maximum Gasteiger partial charge on any atom is 0.233 e. The summed E-state index contributed by atoms with van der Waals surface area (Å²) in [6.07, 6.45) is 1.000. The minimum absolute atomic E-state index is 0.0503. The highest BCUT2D eigenvalue weighted by Crippen LogP contribution is 2.31. The minimum Gasteiger partial charge on any atom is -0.355 e. The smallest absolute Gasteiger partial charge is 0.233 e. The fourth-order valence-corrected chi connectivity index (χ4v) is 5.31. The number of benzene rings is 1. The zero-order valence-corrected chi connectivity index (χ0v) is 16.6. The van der Waals surface area contributed by atoms with Crippen LogP contribution in [0, 0.1) is 0 Å². The molecule has 0 aliphatic heterocycles. The fraction of sp³-hybridized carbons (Fsp3) is 0.471. The molecule has 4 nitrogen and oxygen atoms in total. The Hall–Kier alpha value is -1.05. The molecule has 2 aromatic rings. The van der Waals surface area contributed by atoms with Gasteiger partial charge in [0.1, 0.15) is 0 Å². The van der Waals surface area contributed by atoms with E-state index in [1.165, 1.54) is 17.3 Å². The van der Waals surface area contributed by atoms with Gasteiger partial charge in [0.2, 0.25) is 5.91 Å². The van der Waals surface area contributed by atoms with Gasteiger partial charge in [-0.15, -0.1) is 10.2 Å². The fourth-order valence-electron chi connectivity index (χ4n) is 2.22. The van der Waals surface area contributed by atoms with Gasteiger partial charge in [0.15, 0.2) is 8.68 Å². The number of hydrogen-bond donors (Lipinski definition) is 1. The third-order valence-electron chi connectivity index (χ3n) is 3.59. The third-order valence-corrected chi connectivity index (χ3v) is 6.71. The molecule has 1 aromatic carbocycles. The maximum atomic E-state index is 12.4. The molecule has 0 spiro atoms. The van der Waals surface area contributed by atoms with Gasteiger partial charge in [-0.1, -0.05) is 79.0 Å². The van der Waals surface area contributed by atoms with Crippen molar-refractivity contribution >= 4 is 40.8 Å². The summed E-state index contributed by atoms with van der Waals surface area (Å²) in [5, 5.41) is 11.2. The molecule has 0 aliphatic rings. The van der Waals surface area contributed by atoms with E-state index in [1.807, 2.05) is 25.1 Å². The molecule has 0 saturated carbocycles. The van der Waals surface area contributed by atoms with Crippen molar-refractivity contribution in [2.45, 2.75) is 47.0 Å². The molecule has 2 atom stereocenters. The Morgan fingerprint density at radius 1 is 1.21 bits per heavy atom. The third kappa shape index (κ3) is 5.79. The molecule has 0 fully saturated rings. The molecule has 1 N–H and O–H groups in total. The Labute approximate surface area is 156 Å². The van der Waals surface area contributed by atoms with Gasteiger partial charge in [-0.3, -0.25) is 4.79 Å². The number of thioether (sulfide) groups is 2. The number of carbonyl (C=O) groups is 1. The molecule has 0 radical (unpaired) electrons. The van der Waals surface area contributed by atoms with Crippen LogP contribution in [0.4, 0.5) is 0 Å². The normalized spacial score (nSPS) is 13.5. The summed E-state index contributed by atoms with van der Waals surface area (Å²) in [5.74, 6) is 1.38. The second kappa shape index (κ2) is 10.1. The molecule has 7 heteroatoms. The topological polar surface area (TPSA) is 54.9 Å². The van der Waals surface area contributed by atoms with Gasteiger partial charge in [-0.25, -0.2) is 0 Å². The van der Waals surface area contributed by atoms with Gasteiger partial charge in [0.25, 0.3) is 0 Å². The van der Waals surface area contributed by atoms with Crippen molar-refractivity contribution in [1.29, 1.82) is 0 Å². The molecule has 1 aromatic heterocycles. The molecule has 1 amide bonds. The lowest BCUT2D eigenvalue weighted by Crippen LogP contribution is -2.34. The van der Waals surface area contributed by atoms with Crippen LogP contribution < -0.4 is 5.32 Å². The van der Waals surface area contributed by atoms with Crippen molar-refractivity contribution < 1.29 is 4.79 Å². The van der Waals surface area contributed by atoms with E-state index in [0.717, 1.165) is 20.9 Å². The van der Waals surface area contributed by atoms with Crippen LogP contribution in [0.5, 0.6) is 0 Å². The largest absolute Gasteiger partial charge is 0.355 e. The van der Waals surface area contributed by atoms with E-state index in [4.69, 9.17) is 0 Å². The Balaban J connectivity index is 1.84. The number of aromatic nitrogens is 2. The number of amides is 1. The Bertz CT molecular complexity index is 633. The molecular formula is C17H23N3OS3. The summed E-state index contributed by atoms with van der Waals surface area (Å²) in [7, 11) is 0. The van der Waals surface area contributed by atoms with Crippen LogP contribution in [0.2, 0.25) is 0 Å². The summed E-state index contributed by atoms with van der Waals surface area (Å²) >= 11 is 4.70. The van der Waals surface area contributed by atoms with Gasteiger partial charge < -0.3 is 5.32 Å². The van der Waals surface area contributed by atoms with Gasteiger partial charge in [0.05, 0.1) is 5.25 Å². The quantitative estimate of drug-likeness (QED) is 0.651. The molecule has 24 heavy (non-hydrogen) atoms. The van der Waals surface area contributed by atoms with Crippen molar-refractivity contribution in [3.8, 4) is 0 Å². The van der Waals surface area contributed by atoms with Crippen LogP contribution in [-0.2, 0) is 4.79 Å². The number of nitrogens with zero attached hydrogens (tertiary/aromatic N) is 2. The molecular weight excluding hydrogens is 358 g/mol. The van der Waals surface area contributed by atoms with E-state index < -0.39 is 0 Å². The summed E-state index contributed by atoms with van der Waals surface area (Å²) in [5.41, 5.74) is 1.27. The van der Waals surface area contributed by atoms with Crippen molar-refractivity contribution in [2.75, 3.05) is 12.3 Å². The summed E-state index contributed by atoms with van der Waals surface area (Å²) in [6, 6.07) is 10.3. The maximum absolute atomic E-state index is 12.4. The van der Waals surface area contributed by atoms with Crippen LogP contribution in [0.3, 0.4) is 0 Å². The average molecular weight is 382 g/mol. The average Bonchev–Trinajstić information content (AvgIpc) is 3.03. The first-order chi connectivity index (χ1) is 11.6. The SMILES string of the molecule is CCSc1nnc(S[C@@H](C)C(=O)NC[C@H](CC)c2ccccc2)s1. The zero-order chi connectivity index (χ0) is 17.4. The number of rotatable bonds is 9. The molecule has 130 valence electrons. The molecule has 1 heterocycles. The molecule has 0 bridgehead atoms. The lowest BCUT2D eigenvalue weighted by Gasteiger charge is -2.17. The van der Waals surface area contributed by atoms with E-state index in [0.29, 0.717) is 12.5 Å². The Kier molecular flexibility index (Phi) is 8.08. The van der Waals surface area contributed by atoms with Crippen LogP contribution in [-0.4, -0.2) is 33.7 Å². The number of hydrogen-bond acceptors (Lipinski definition) is 6. The zero-order valence-electron chi connectivity index (χ0n) is 14.2. The molecule has 0 unspecified atom stereocenters. The lowest BCUT2D eigenvalue weighted by molar-refractivity contribution is -0.120. The predicted octanol–water partition coefficient (Wildman–Crippen LogP) is 4.44. The lowest BCUT2D eigenvalue weighted by atomic mass is 9.96. The Morgan fingerprint density at radius 3 is 2.58 bits per heavy atom. The van der Waals surface area contributed by atoms with Crippen LogP contribution in [0.15, 0.2) is 39.0 Å². The van der Waals surface area contributed by atoms with Gasteiger partial charge in [-0.2, -0.15) is 0 Å². The highest BCUT2D eigenvalue weighted by molar-refractivity contribution is 8.03. The molecule has 2 rings (SSSR count). The highest BCUT2D eigenvalue weighted by Gasteiger charge is 2.18. The molecule has 0 aliphatic carbocycles. The van der Waals surface area contributed by atoms with E-state index in [9.17, 15) is 4.79 Å². The monoisotopic (exact) mass is 381 g/mol. The van der Waals surface area contributed by atoms with Crippen molar-refractivity contribution in [2.24, 2.45) is 0 Å². The first-order valence-corrected chi connectivity index (χ1v) is 10.8. The summed E-state index contributed by atoms with van der Waals surface area (Å²) in [4.78, 5) is 12.4. The van der Waals surface area contributed by atoms with E-state index in [1.54, 1.807) is 23.1 Å². The van der Waals surface area contributed by atoms with Crippen molar-refractivity contribution in [3.05, 3.63) is 35.9 Å². The van der Waals surface area contributed by atoms with E-state index in [2.05, 4.69) is 41.5 Å². The Morgan fingerprint density at radius 2 is 1.92 bits per heavy atom. The predicted molar refractivity (Wildman–Crippen MR) is 104 cm³/mol. The first kappa shape index (κ1) is 19.3. The standard InChI is InChI=1S/C17H23N3OS3/c1-4-13(14-9-7-6-8-10-14)11-18-15(21)12(3)23-17-20-19-16(24-17)22-5-2/h6-10,12-13H,4-5,11H2,1-3H3,(H,18,21)/t12-,13-/m0/s1. The van der Waals surface area contributed by atoms with Crippen LogP contribution >= 0.6 is 34.9 Å².